The number of hydrogen-bond acceptors (Lipinski definition) is 5. The molecular weight excluding hydrogens is 386 g/mol. The highest BCUT2D eigenvalue weighted by Gasteiger charge is 2.50. The van der Waals surface area contributed by atoms with Crippen LogP contribution in [0.15, 0.2) is 48.0 Å². The molecule has 3 heterocycles. The molecule has 1 aliphatic heterocycles. The highest BCUT2D eigenvalue weighted by atomic mass is 32.1. The van der Waals surface area contributed by atoms with Crippen LogP contribution in [0.4, 0.5) is 13.6 Å². The van der Waals surface area contributed by atoms with Gasteiger partial charge >= 0.3 is 6.03 Å². The van der Waals surface area contributed by atoms with Gasteiger partial charge in [-0.05, 0) is 25.1 Å². The molecule has 1 aliphatic rings. The van der Waals surface area contributed by atoms with Gasteiger partial charge in [0.2, 0.25) is 0 Å². The van der Waals surface area contributed by atoms with Crippen molar-refractivity contribution in [2.75, 3.05) is 0 Å². The summed E-state index contributed by atoms with van der Waals surface area (Å²) in [4.78, 5) is 34.9. The Kier molecular flexibility index (Phi) is 4.38. The van der Waals surface area contributed by atoms with Gasteiger partial charge in [0.25, 0.3) is 5.91 Å². The molecule has 1 N–H and O–H groups in total. The van der Waals surface area contributed by atoms with Crippen molar-refractivity contribution >= 4 is 23.3 Å². The minimum absolute atomic E-state index is 0.0631. The first-order valence-corrected chi connectivity index (χ1v) is 9.22. The van der Waals surface area contributed by atoms with Gasteiger partial charge in [-0.15, -0.1) is 11.3 Å². The summed E-state index contributed by atoms with van der Waals surface area (Å²) in [7, 11) is 0. The molecule has 0 spiro atoms. The first kappa shape index (κ1) is 18.2. The zero-order valence-electron chi connectivity index (χ0n) is 14.6. The third kappa shape index (κ3) is 3.03. The topological polar surface area (TPSA) is 75.2 Å². The van der Waals surface area contributed by atoms with E-state index in [1.165, 1.54) is 18.3 Å². The van der Waals surface area contributed by atoms with E-state index in [0.29, 0.717) is 22.5 Å². The normalized spacial score (nSPS) is 19.2. The Morgan fingerprint density at radius 3 is 2.75 bits per heavy atom. The van der Waals surface area contributed by atoms with Crippen LogP contribution in [0.25, 0.3) is 10.7 Å². The second kappa shape index (κ2) is 6.75. The summed E-state index contributed by atoms with van der Waals surface area (Å²) < 4.78 is 27.4. The summed E-state index contributed by atoms with van der Waals surface area (Å²) in [5.74, 6) is -2.29. The molecule has 0 aliphatic carbocycles. The monoisotopic (exact) mass is 400 g/mol. The van der Waals surface area contributed by atoms with E-state index in [4.69, 9.17) is 0 Å². The van der Waals surface area contributed by atoms with Crippen molar-refractivity contribution < 1.29 is 18.4 Å². The number of amides is 3. The second-order valence-corrected chi connectivity index (χ2v) is 7.29. The molecule has 1 atom stereocenters. The van der Waals surface area contributed by atoms with E-state index >= 15 is 0 Å². The Hall–Kier alpha value is -3.20. The molecule has 4 rings (SSSR count). The van der Waals surface area contributed by atoms with E-state index in [9.17, 15) is 18.4 Å². The molecule has 0 bridgehead atoms. The summed E-state index contributed by atoms with van der Waals surface area (Å²) in [5, 5.41) is 4.90. The third-order valence-corrected chi connectivity index (χ3v) is 5.41. The number of benzene rings is 1. The average molecular weight is 400 g/mol. The number of carbonyl (C=O) groups excluding carboxylic acids is 2. The summed E-state index contributed by atoms with van der Waals surface area (Å²) in [6, 6.07) is 7.67. The number of carbonyl (C=O) groups is 2. The molecule has 0 saturated carbocycles. The Labute approximate surface area is 162 Å². The Morgan fingerprint density at radius 1 is 1.21 bits per heavy atom. The molecule has 28 heavy (non-hydrogen) atoms. The lowest BCUT2D eigenvalue weighted by atomic mass is 9.91. The van der Waals surface area contributed by atoms with E-state index in [0.717, 1.165) is 17.0 Å². The van der Waals surface area contributed by atoms with Crippen molar-refractivity contribution in [3.05, 3.63) is 70.9 Å². The van der Waals surface area contributed by atoms with E-state index in [2.05, 4.69) is 15.3 Å². The van der Waals surface area contributed by atoms with Crippen LogP contribution in [0.2, 0.25) is 0 Å². The quantitative estimate of drug-likeness (QED) is 0.681. The van der Waals surface area contributed by atoms with Gasteiger partial charge in [-0.2, -0.15) is 0 Å². The van der Waals surface area contributed by atoms with Gasteiger partial charge in [0, 0.05) is 23.2 Å². The van der Waals surface area contributed by atoms with Gasteiger partial charge in [0.1, 0.15) is 22.2 Å². The predicted octanol–water partition coefficient (Wildman–Crippen LogP) is 3.45. The number of aromatic nitrogens is 2. The van der Waals surface area contributed by atoms with Gasteiger partial charge in [-0.3, -0.25) is 14.7 Å². The number of thiazole rings is 1. The summed E-state index contributed by atoms with van der Waals surface area (Å²) in [6.07, 6.45) is 1.65. The minimum Gasteiger partial charge on any atom is -0.319 e. The van der Waals surface area contributed by atoms with Crippen molar-refractivity contribution in [2.24, 2.45) is 0 Å². The van der Waals surface area contributed by atoms with Gasteiger partial charge in [-0.1, -0.05) is 12.1 Å². The number of nitrogens with zero attached hydrogens (tertiary/aromatic N) is 3. The first-order chi connectivity index (χ1) is 13.4. The van der Waals surface area contributed by atoms with Crippen LogP contribution in [0, 0.1) is 11.6 Å². The average Bonchev–Trinajstić information content (AvgIpc) is 3.22. The van der Waals surface area contributed by atoms with E-state index in [1.54, 1.807) is 17.6 Å². The molecule has 0 radical (unpaired) electrons. The maximum Gasteiger partial charge on any atom is 0.325 e. The fraction of sp³-hybridized carbons (Fsp3) is 0.158. The molecule has 9 heteroatoms. The number of rotatable bonds is 4. The van der Waals surface area contributed by atoms with Crippen LogP contribution >= 0.6 is 11.3 Å². The van der Waals surface area contributed by atoms with Gasteiger partial charge in [0.05, 0.1) is 17.9 Å². The lowest BCUT2D eigenvalue weighted by Crippen LogP contribution is -2.41. The third-order valence-electron chi connectivity index (χ3n) is 4.50. The van der Waals surface area contributed by atoms with Crippen molar-refractivity contribution in [3.8, 4) is 10.7 Å². The van der Waals surface area contributed by atoms with Crippen LogP contribution in [0.1, 0.15) is 18.2 Å². The maximum absolute atomic E-state index is 14.2. The van der Waals surface area contributed by atoms with Crippen LogP contribution in [0.3, 0.4) is 0 Å². The SMILES string of the molecule is CC1(c2ccc(F)cc2F)NC(=O)N(Cc2csc(-c3ccccn3)n2)C1=O. The molecule has 3 aromatic rings. The van der Waals surface area contributed by atoms with Crippen molar-refractivity contribution in [1.82, 2.24) is 20.2 Å². The van der Waals surface area contributed by atoms with E-state index in [-0.39, 0.29) is 12.1 Å². The van der Waals surface area contributed by atoms with Crippen LogP contribution in [-0.4, -0.2) is 26.8 Å². The fourth-order valence-corrected chi connectivity index (χ4v) is 3.85. The lowest BCUT2D eigenvalue weighted by Gasteiger charge is -2.22. The maximum atomic E-state index is 14.2. The number of pyridine rings is 1. The summed E-state index contributed by atoms with van der Waals surface area (Å²) in [6.45, 7) is 1.33. The Morgan fingerprint density at radius 2 is 2.04 bits per heavy atom. The lowest BCUT2D eigenvalue weighted by molar-refractivity contribution is -0.131. The zero-order valence-corrected chi connectivity index (χ0v) is 15.5. The van der Waals surface area contributed by atoms with Crippen LogP contribution in [0.5, 0.6) is 0 Å². The van der Waals surface area contributed by atoms with Gasteiger partial charge in [-0.25, -0.2) is 18.6 Å². The number of halogens is 2. The molecular formula is C19H14F2N4O2S. The molecule has 2 aromatic heterocycles. The Bertz CT molecular complexity index is 1070. The number of imide groups is 1. The highest BCUT2D eigenvalue weighted by Crippen LogP contribution is 2.32. The number of urea groups is 1. The van der Waals surface area contributed by atoms with Crippen LogP contribution in [-0.2, 0) is 16.9 Å². The molecule has 142 valence electrons. The standard InChI is InChI=1S/C19H14F2N4O2S/c1-19(13-6-5-11(20)8-14(13)21)17(26)25(18(27)24-19)9-12-10-28-16(23-12)15-4-2-3-7-22-15/h2-8,10H,9H2,1H3,(H,24,27). The number of nitrogens with one attached hydrogen (secondary N) is 1. The molecule has 1 aromatic carbocycles. The Balaban J connectivity index is 1.59. The largest absolute Gasteiger partial charge is 0.325 e. The van der Waals surface area contributed by atoms with Gasteiger partial charge in [0.15, 0.2) is 0 Å². The minimum atomic E-state index is -1.62. The molecule has 1 fully saturated rings. The van der Waals surface area contributed by atoms with Crippen molar-refractivity contribution in [1.29, 1.82) is 0 Å². The van der Waals surface area contributed by atoms with Gasteiger partial charge < -0.3 is 5.32 Å². The highest BCUT2D eigenvalue weighted by molar-refractivity contribution is 7.13. The first-order valence-electron chi connectivity index (χ1n) is 8.34. The number of hydrogen-bond donors (Lipinski definition) is 1. The molecule has 3 amide bonds. The predicted molar refractivity (Wildman–Crippen MR) is 98.1 cm³/mol. The van der Waals surface area contributed by atoms with E-state index < -0.39 is 29.1 Å². The molecule has 1 unspecified atom stereocenters. The van der Waals surface area contributed by atoms with Crippen molar-refractivity contribution in [2.45, 2.75) is 19.0 Å². The second-order valence-electron chi connectivity index (χ2n) is 6.43. The molecule has 1 saturated heterocycles. The molecule has 6 nitrogen and oxygen atoms in total. The fourth-order valence-electron chi connectivity index (χ4n) is 3.07. The van der Waals surface area contributed by atoms with Crippen LogP contribution < -0.4 is 5.32 Å². The van der Waals surface area contributed by atoms with Crippen molar-refractivity contribution in [3.63, 3.8) is 0 Å². The zero-order chi connectivity index (χ0) is 19.9. The van der Waals surface area contributed by atoms with E-state index in [1.807, 2.05) is 12.1 Å². The smallest absolute Gasteiger partial charge is 0.319 e. The summed E-state index contributed by atoms with van der Waals surface area (Å²) in [5.41, 5.74) is -0.510. The summed E-state index contributed by atoms with van der Waals surface area (Å²) >= 11 is 1.34.